The van der Waals surface area contributed by atoms with Crippen LogP contribution in [0.4, 0.5) is 13.2 Å². The molecule has 8 nitrogen and oxygen atoms in total. The molecule has 78 heavy (non-hydrogen) atoms. The Hall–Kier alpha value is -11.5. The van der Waals surface area contributed by atoms with E-state index in [1.54, 1.807) is 84.9 Å². The van der Waals surface area contributed by atoms with Gasteiger partial charge in [0.15, 0.2) is 0 Å². The molecule has 0 aliphatic rings. The third kappa shape index (κ3) is 8.08. The molecule has 0 amide bonds. The number of aromatic nitrogens is 2. The summed E-state index contributed by atoms with van der Waals surface area (Å²) in [6.07, 6.45) is -4.79. The molecule has 0 bridgehead atoms. The van der Waals surface area contributed by atoms with Gasteiger partial charge in [0.05, 0.1) is 109 Å². The van der Waals surface area contributed by atoms with Crippen LogP contribution in [-0.2, 0) is 6.18 Å². The zero-order valence-corrected chi connectivity index (χ0v) is 40.8. The Balaban J connectivity index is 1.28. The second-order valence-electron chi connectivity index (χ2n) is 18.7. The van der Waals surface area contributed by atoms with Crippen LogP contribution in [0.25, 0.3) is 111 Å². The van der Waals surface area contributed by atoms with Gasteiger partial charge in [-0.2, -0.15) is 44.7 Å². The molecule has 0 aliphatic carbocycles. The summed E-state index contributed by atoms with van der Waals surface area (Å²) < 4.78 is 48.1. The first-order chi connectivity index (χ1) is 38.0. The van der Waals surface area contributed by atoms with Crippen molar-refractivity contribution < 1.29 is 13.2 Å². The second kappa shape index (κ2) is 18.8. The summed E-state index contributed by atoms with van der Waals surface area (Å²) in [5, 5.41) is 65.2. The molecule has 0 unspecified atom stereocenters. The predicted octanol–water partition coefficient (Wildman–Crippen LogP) is 16.5. The first-order valence-corrected chi connectivity index (χ1v) is 24.4. The molecule has 0 saturated heterocycles. The molecule has 0 aliphatic heterocycles. The molecule has 362 valence electrons. The van der Waals surface area contributed by atoms with Gasteiger partial charge in [-0.15, -0.1) is 0 Å². The standard InChI is InChI=1S/C67H33F3N8/c68-67(69,70)54-17-22-55(53(29-54)39-76)66-64(77-60-30-49(45-9-1-5-40(23-45)34-71)13-18-56(60)57-19-14-50(31-61(57)77)46-10-2-6-41(24-46)35-72)27-44(38-75)28-65(66)78-62-32-51(47-11-3-7-42(25-47)36-73)15-20-58(62)59-21-16-52(33-63(59)78)48-12-4-8-43(26-48)37-74/h1-33H. The predicted molar refractivity (Wildman–Crippen MR) is 296 cm³/mol. The zero-order chi connectivity index (χ0) is 53.8. The van der Waals surface area contributed by atoms with Gasteiger partial charge in [0.2, 0.25) is 0 Å². The van der Waals surface area contributed by atoms with Gasteiger partial charge < -0.3 is 9.13 Å². The minimum absolute atomic E-state index is 0.150. The van der Waals surface area contributed by atoms with E-state index in [-0.39, 0.29) is 16.7 Å². The Morgan fingerprint density at radius 3 is 0.923 bits per heavy atom. The molecule has 2 heterocycles. The highest BCUT2D eigenvalue weighted by Gasteiger charge is 2.33. The highest BCUT2D eigenvalue weighted by Crippen LogP contribution is 2.47. The quantitative estimate of drug-likeness (QED) is 0.155. The summed E-state index contributed by atoms with van der Waals surface area (Å²) in [7, 11) is 0. The van der Waals surface area contributed by atoms with E-state index < -0.39 is 11.7 Å². The van der Waals surface area contributed by atoms with Crippen LogP contribution in [0, 0.1) is 68.0 Å². The lowest BCUT2D eigenvalue weighted by Crippen LogP contribution is -2.08. The smallest absolute Gasteiger partial charge is 0.308 e. The van der Waals surface area contributed by atoms with Gasteiger partial charge in [-0.25, -0.2) is 0 Å². The SMILES string of the molecule is N#Cc1cccc(-c2ccc3c4ccc(-c5cccc(C#N)c5)cc4n(-c4cc(C#N)cc(-n5c6cc(-c7cccc(C#N)c7)ccc6c6ccc(-c7cccc(C#N)c7)cc65)c4-c4ccc(C(F)(F)F)cc4C#N)c3c2)c1. The highest BCUT2D eigenvalue weighted by molar-refractivity contribution is 6.14. The van der Waals surface area contributed by atoms with E-state index in [9.17, 15) is 44.7 Å². The molecule has 12 rings (SSSR count). The lowest BCUT2D eigenvalue weighted by atomic mass is 9.93. The van der Waals surface area contributed by atoms with Crippen molar-refractivity contribution in [1.82, 2.24) is 9.13 Å². The maximum atomic E-state index is 14.7. The van der Waals surface area contributed by atoms with Crippen LogP contribution in [0.2, 0.25) is 0 Å². The number of hydrogen-bond donors (Lipinski definition) is 0. The largest absolute Gasteiger partial charge is 0.416 e. The monoisotopic (exact) mass is 1010 g/mol. The molecule has 2 aromatic heterocycles. The number of benzene rings is 10. The first-order valence-electron chi connectivity index (χ1n) is 24.4. The fourth-order valence-corrected chi connectivity index (χ4v) is 10.7. The summed E-state index contributed by atoms with van der Waals surface area (Å²) in [6.45, 7) is 0. The molecule has 0 saturated carbocycles. The molecular weight excluding hydrogens is 974 g/mol. The maximum Gasteiger partial charge on any atom is 0.416 e. The van der Waals surface area contributed by atoms with Crippen LogP contribution in [0.5, 0.6) is 0 Å². The summed E-state index contributed by atoms with van der Waals surface area (Å²) in [6, 6.07) is 72.3. The molecule has 0 fully saturated rings. The van der Waals surface area contributed by atoms with E-state index in [4.69, 9.17) is 0 Å². The first kappa shape index (κ1) is 47.5. The van der Waals surface area contributed by atoms with Crippen LogP contribution in [-0.4, -0.2) is 9.13 Å². The van der Waals surface area contributed by atoms with Crippen molar-refractivity contribution in [2.24, 2.45) is 0 Å². The minimum Gasteiger partial charge on any atom is -0.308 e. The van der Waals surface area contributed by atoms with Gasteiger partial charge in [-0.05, 0) is 142 Å². The summed E-state index contributed by atoms with van der Waals surface area (Å²) in [5.41, 5.74) is 10.4. The van der Waals surface area contributed by atoms with E-state index in [0.29, 0.717) is 61.3 Å². The van der Waals surface area contributed by atoms with Crippen molar-refractivity contribution in [1.29, 1.82) is 31.6 Å². The number of fused-ring (bicyclic) bond motifs is 6. The summed E-state index contributed by atoms with van der Waals surface area (Å²) in [5.74, 6) is 0. The zero-order valence-electron chi connectivity index (χ0n) is 40.8. The van der Waals surface area contributed by atoms with Crippen LogP contribution in [0.15, 0.2) is 200 Å². The van der Waals surface area contributed by atoms with Crippen molar-refractivity contribution in [3.8, 4) is 103 Å². The molecule has 12 aromatic rings. The summed E-state index contributed by atoms with van der Waals surface area (Å²) in [4.78, 5) is 0. The topological polar surface area (TPSA) is 153 Å². The molecule has 0 radical (unpaired) electrons. The number of nitrogens with zero attached hydrogens (tertiary/aromatic N) is 8. The Morgan fingerprint density at radius 2 is 0.628 bits per heavy atom. The van der Waals surface area contributed by atoms with Crippen LogP contribution >= 0.6 is 0 Å². The fraction of sp³-hybridized carbons (Fsp3) is 0.0149. The van der Waals surface area contributed by atoms with E-state index >= 15 is 0 Å². The number of nitriles is 6. The average Bonchev–Trinajstić information content (AvgIpc) is 4.19. The number of halogens is 3. The van der Waals surface area contributed by atoms with Crippen molar-refractivity contribution >= 4 is 43.6 Å². The van der Waals surface area contributed by atoms with Crippen molar-refractivity contribution in [3.63, 3.8) is 0 Å². The lowest BCUT2D eigenvalue weighted by molar-refractivity contribution is -0.137. The van der Waals surface area contributed by atoms with E-state index in [1.165, 1.54) is 6.07 Å². The fourth-order valence-electron chi connectivity index (χ4n) is 10.7. The Labute approximate surface area is 444 Å². The van der Waals surface area contributed by atoms with Crippen molar-refractivity contribution in [3.05, 3.63) is 239 Å². The average molecular weight is 1010 g/mol. The van der Waals surface area contributed by atoms with Gasteiger partial charge in [0.1, 0.15) is 0 Å². The van der Waals surface area contributed by atoms with Gasteiger partial charge in [-0.1, -0.05) is 103 Å². The van der Waals surface area contributed by atoms with Gasteiger partial charge in [0.25, 0.3) is 0 Å². The van der Waals surface area contributed by atoms with Crippen LogP contribution < -0.4 is 0 Å². The third-order valence-electron chi connectivity index (χ3n) is 14.3. The number of alkyl halides is 3. The minimum atomic E-state index is -4.79. The molecule has 0 spiro atoms. The maximum absolute atomic E-state index is 14.7. The van der Waals surface area contributed by atoms with Crippen LogP contribution in [0.1, 0.15) is 38.9 Å². The highest BCUT2D eigenvalue weighted by atomic mass is 19.4. The van der Waals surface area contributed by atoms with E-state index in [2.05, 4.69) is 36.4 Å². The van der Waals surface area contributed by atoms with Crippen molar-refractivity contribution in [2.45, 2.75) is 6.18 Å². The molecule has 0 atom stereocenters. The Morgan fingerprint density at radius 1 is 0.308 bits per heavy atom. The summed E-state index contributed by atoms with van der Waals surface area (Å²) >= 11 is 0. The van der Waals surface area contributed by atoms with E-state index in [0.717, 1.165) is 78.2 Å². The van der Waals surface area contributed by atoms with Crippen LogP contribution in [0.3, 0.4) is 0 Å². The normalized spacial score (nSPS) is 11.2. The van der Waals surface area contributed by atoms with Gasteiger partial charge in [0, 0.05) is 32.7 Å². The molecule has 10 aromatic carbocycles. The van der Waals surface area contributed by atoms with Gasteiger partial charge >= 0.3 is 6.18 Å². The molecular formula is C67H33F3N8. The van der Waals surface area contributed by atoms with E-state index in [1.807, 2.05) is 106 Å². The number of rotatable bonds is 7. The Kier molecular flexibility index (Phi) is 11.4. The lowest BCUT2D eigenvalue weighted by Gasteiger charge is -2.22. The Bertz CT molecular complexity index is 4330. The van der Waals surface area contributed by atoms with Gasteiger partial charge in [-0.3, -0.25) is 0 Å². The van der Waals surface area contributed by atoms with Crippen molar-refractivity contribution in [2.75, 3.05) is 0 Å². The second-order valence-corrected chi connectivity index (χ2v) is 18.7. The number of hydrogen-bond acceptors (Lipinski definition) is 6. The third-order valence-corrected chi connectivity index (χ3v) is 14.3. The molecule has 11 heteroatoms. The molecule has 0 N–H and O–H groups in total.